The first kappa shape index (κ1) is 17.3. The van der Waals surface area contributed by atoms with Gasteiger partial charge in [0, 0.05) is 49.8 Å². The molecule has 1 aliphatic rings. The van der Waals surface area contributed by atoms with Gasteiger partial charge in [-0.05, 0) is 29.8 Å². The van der Waals surface area contributed by atoms with Crippen LogP contribution in [0.4, 0.5) is 11.4 Å². The number of thioether (sulfide) groups is 1. The Morgan fingerprint density at radius 3 is 2.36 bits per heavy atom. The lowest BCUT2D eigenvalue weighted by Crippen LogP contribution is -2.30. The van der Waals surface area contributed by atoms with E-state index in [1.54, 1.807) is 11.8 Å². The Balaban J connectivity index is 1.80. The van der Waals surface area contributed by atoms with Crippen LogP contribution in [0.5, 0.6) is 0 Å². The molecule has 130 valence electrons. The van der Waals surface area contributed by atoms with E-state index in [1.165, 1.54) is 24.3 Å². The van der Waals surface area contributed by atoms with Gasteiger partial charge in [-0.2, -0.15) is 0 Å². The normalized spacial score (nSPS) is 16.7. The third kappa shape index (κ3) is 3.61. The summed E-state index contributed by atoms with van der Waals surface area (Å²) in [7, 11) is 3.98. The predicted molar refractivity (Wildman–Crippen MR) is 100 cm³/mol. The minimum absolute atomic E-state index is 0.0110. The van der Waals surface area contributed by atoms with Gasteiger partial charge >= 0.3 is 0 Å². The molecule has 1 saturated heterocycles. The molecule has 3 rings (SSSR count). The molecule has 0 N–H and O–H groups in total. The Morgan fingerprint density at radius 1 is 1.16 bits per heavy atom. The summed E-state index contributed by atoms with van der Waals surface area (Å²) >= 11 is 1.73. The van der Waals surface area contributed by atoms with E-state index in [9.17, 15) is 14.9 Å². The van der Waals surface area contributed by atoms with Crippen molar-refractivity contribution in [3.05, 3.63) is 69.8 Å². The third-order valence-electron chi connectivity index (χ3n) is 4.17. The quantitative estimate of drug-likeness (QED) is 0.618. The summed E-state index contributed by atoms with van der Waals surface area (Å²) in [5.74, 6) is 0.778. The fourth-order valence-electron chi connectivity index (χ4n) is 2.78. The highest BCUT2D eigenvalue weighted by atomic mass is 32.2. The Hall–Kier alpha value is -2.54. The van der Waals surface area contributed by atoms with Crippen LogP contribution in [0.15, 0.2) is 48.5 Å². The van der Waals surface area contributed by atoms with Crippen LogP contribution in [-0.4, -0.2) is 42.1 Å². The van der Waals surface area contributed by atoms with Gasteiger partial charge in [0.25, 0.3) is 11.6 Å². The average molecular weight is 357 g/mol. The number of benzene rings is 2. The van der Waals surface area contributed by atoms with E-state index >= 15 is 0 Å². The fraction of sp³-hybridized carbons (Fsp3) is 0.278. The number of amides is 1. The first-order valence-electron chi connectivity index (χ1n) is 7.91. The standard InChI is InChI=1S/C18H19N3O3S/c1-19(2)15-7-5-14(6-8-15)18-20(11-12-25-18)17(22)13-3-9-16(10-4-13)21(23)24/h3-10,18H,11-12H2,1-2H3. The summed E-state index contributed by atoms with van der Waals surface area (Å²) in [5.41, 5.74) is 2.66. The molecule has 2 aromatic carbocycles. The zero-order valence-corrected chi connectivity index (χ0v) is 14.9. The van der Waals surface area contributed by atoms with E-state index in [0.717, 1.165) is 17.0 Å². The molecule has 7 heteroatoms. The number of hydrogen-bond donors (Lipinski definition) is 0. The highest BCUT2D eigenvalue weighted by Gasteiger charge is 2.31. The Labute approximate surface area is 150 Å². The van der Waals surface area contributed by atoms with Crippen molar-refractivity contribution in [3.8, 4) is 0 Å². The van der Waals surface area contributed by atoms with Gasteiger partial charge in [0.1, 0.15) is 5.37 Å². The van der Waals surface area contributed by atoms with Crippen molar-refractivity contribution in [1.82, 2.24) is 4.90 Å². The number of carbonyl (C=O) groups excluding carboxylic acids is 1. The van der Waals surface area contributed by atoms with Gasteiger partial charge in [-0.15, -0.1) is 11.8 Å². The van der Waals surface area contributed by atoms with Crippen LogP contribution >= 0.6 is 11.8 Å². The first-order chi connectivity index (χ1) is 12.0. The zero-order valence-electron chi connectivity index (χ0n) is 14.1. The SMILES string of the molecule is CN(C)c1ccc(C2SCCN2C(=O)c2ccc([N+](=O)[O-])cc2)cc1. The van der Waals surface area contributed by atoms with Crippen LogP contribution in [-0.2, 0) is 0 Å². The minimum atomic E-state index is -0.463. The molecular weight excluding hydrogens is 338 g/mol. The molecule has 1 aliphatic heterocycles. The smallest absolute Gasteiger partial charge is 0.269 e. The van der Waals surface area contributed by atoms with Gasteiger partial charge in [-0.3, -0.25) is 14.9 Å². The molecule has 1 fully saturated rings. The molecule has 0 radical (unpaired) electrons. The van der Waals surface area contributed by atoms with Crippen LogP contribution in [0.1, 0.15) is 21.3 Å². The van der Waals surface area contributed by atoms with E-state index < -0.39 is 4.92 Å². The molecule has 0 saturated carbocycles. The van der Waals surface area contributed by atoms with Crippen molar-refractivity contribution < 1.29 is 9.72 Å². The van der Waals surface area contributed by atoms with Crippen LogP contribution < -0.4 is 4.90 Å². The number of rotatable bonds is 4. The Bertz CT molecular complexity index is 775. The molecule has 25 heavy (non-hydrogen) atoms. The molecule has 0 aromatic heterocycles. The van der Waals surface area contributed by atoms with Crippen molar-refractivity contribution in [3.63, 3.8) is 0 Å². The number of nitro benzene ring substituents is 1. The minimum Gasteiger partial charge on any atom is -0.378 e. The second-order valence-corrected chi connectivity index (χ2v) is 7.20. The number of nitro groups is 1. The lowest BCUT2D eigenvalue weighted by molar-refractivity contribution is -0.384. The van der Waals surface area contributed by atoms with Crippen LogP contribution in [0.2, 0.25) is 0 Å². The summed E-state index contributed by atoms with van der Waals surface area (Å²) in [4.78, 5) is 27.0. The monoisotopic (exact) mass is 357 g/mol. The second-order valence-electron chi connectivity index (χ2n) is 6.01. The molecule has 0 spiro atoms. The maximum absolute atomic E-state index is 12.8. The van der Waals surface area contributed by atoms with Gasteiger partial charge in [0.15, 0.2) is 0 Å². The lowest BCUT2D eigenvalue weighted by atomic mass is 10.1. The molecule has 1 unspecified atom stereocenters. The molecule has 2 aromatic rings. The summed E-state index contributed by atoms with van der Waals surface area (Å²) in [5, 5.41) is 10.7. The summed E-state index contributed by atoms with van der Waals surface area (Å²) in [6.45, 7) is 0.667. The molecular formula is C18H19N3O3S. The number of hydrogen-bond acceptors (Lipinski definition) is 5. The maximum atomic E-state index is 12.8. The Morgan fingerprint density at radius 2 is 1.80 bits per heavy atom. The van der Waals surface area contributed by atoms with Crippen molar-refractivity contribution in [2.24, 2.45) is 0 Å². The number of anilines is 1. The van der Waals surface area contributed by atoms with Crippen LogP contribution in [0.3, 0.4) is 0 Å². The summed E-state index contributed by atoms with van der Waals surface area (Å²) in [6, 6.07) is 14.0. The largest absolute Gasteiger partial charge is 0.378 e. The summed E-state index contributed by atoms with van der Waals surface area (Å²) in [6.07, 6.45) is 0. The highest BCUT2D eigenvalue weighted by Crippen LogP contribution is 2.39. The van der Waals surface area contributed by atoms with E-state index in [0.29, 0.717) is 12.1 Å². The molecule has 6 nitrogen and oxygen atoms in total. The summed E-state index contributed by atoms with van der Waals surface area (Å²) < 4.78 is 0. The van der Waals surface area contributed by atoms with Crippen molar-refractivity contribution >= 4 is 29.0 Å². The zero-order chi connectivity index (χ0) is 18.0. The number of non-ortho nitro benzene ring substituents is 1. The molecule has 0 aliphatic carbocycles. The van der Waals surface area contributed by atoms with Crippen LogP contribution in [0, 0.1) is 10.1 Å². The molecule has 1 heterocycles. The topological polar surface area (TPSA) is 66.7 Å². The van der Waals surface area contributed by atoms with E-state index in [1.807, 2.05) is 36.0 Å². The fourth-order valence-corrected chi connectivity index (χ4v) is 4.04. The molecule has 1 atom stereocenters. The molecule has 0 bridgehead atoms. The van der Waals surface area contributed by atoms with Crippen molar-refractivity contribution in [1.29, 1.82) is 0 Å². The number of nitrogens with zero attached hydrogens (tertiary/aromatic N) is 3. The maximum Gasteiger partial charge on any atom is 0.269 e. The second kappa shape index (κ2) is 7.14. The van der Waals surface area contributed by atoms with Crippen LogP contribution in [0.25, 0.3) is 0 Å². The average Bonchev–Trinajstić information content (AvgIpc) is 3.11. The Kier molecular flexibility index (Phi) is 4.94. The predicted octanol–water partition coefficient (Wildman–Crippen LogP) is 3.55. The van der Waals surface area contributed by atoms with Gasteiger partial charge in [0.05, 0.1) is 4.92 Å². The molecule has 1 amide bonds. The van der Waals surface area contributed by atoms with Gasteiger partial charge in [0.2, 0.25) is 0 Å². The first-order valence-corrected chi connectivity index (χ1v) is 8.96. The van der Waals surface area contributed by atoms with Crippen molar-refractivity contribution in [2.45, 2.75) is 5.37 Å². The van der Waals surface area contributed by atoms with E-state index in [2.05, 4.69) is 12.1 Å². The highest BCUT2D eigenvalue weighted by molar-refractivity contribution is 7.99. The van der Waals surface area contributed by atoms with Gasteiger partial charge in [-0.1, -0.05) is 12.1 Å². The van der Waals surface area contributed by atoms with E-state index in [-0.39, 0.29) is 17.0 Å². The van der Waals surface area contributed by atoms with Gasteiger partial charge < -0.3 is 9.80 Å². The lowest BCUT2D eigenvalue weighted by Gasteiger charge is -2.24. The third-order valence-corrected chi connectivity index (χ3v) is 5.43. The van der Waals surface area contributed by atoms with Gasteiger partial charge in [-0.25, -0.2) is 0 Å². The number of carbonyl (C=O) groups is 1. The van der Waals surface area contributed by atoms with E-state index in [4.69, 9.17) is 0 Å². The van der Waals surface area contributed by atoms with Crippen molar-refractivity contribution in [2.75, 3.05) is 31.3 Å².